The minimum absolute atomic E-state index is 0. The van der Waals surface area contributed by atoms with Gasteiger partial charge in [-0.2, -0.15) is 0 Å². The molecule has 0 aliphatic carbocycles. The minimum atomic E-state index is 0. The van der Waals surface area contributed by atoms with Crippen LogP contribution in [0.2, 0.25) is 0 Å². The quantitative estimate of drug-likeness (QED) is 0.0359. The van der Waals surface area contributed by atoms with Gasteiger partial charge in [0.15, 0.2) is 0 Å². The number of aryl methyl sites for hydroxylation is 3. The van der Waals surface area contributed by atoms with Gasteiger partial charge in [-0.25, -0.2) is 27.4 Å². The summed E-state index contributed by atoms with van der Waals surface area (Å²) in [6.45, 7) is 14.0. The number of carbonyl (C=O) groups excluding carboxylic acids is 1. The Morgan fingerprint density at radius 1 is 0.727 bits per heavy atom. The first-order chi connectivity index (χ1) is 19.6. The van der Waals surface area contributed by atoms with Crippen LogP contribution in [0.4, 0.5) is 0 Å². The summed E-state index contributed by atoms with van der Waals surface area (Å²) in [6, 6.07) is 1.04. The number of amides is 1. The molecule has 3 rings (SSSR count). The van der Waals surface area contributed by atoms with E-state index in [1.165, 1.54) is 44.9 Å². The number of hydrogen-bond donors (Lipinski definition) is 1. The van der Waals surface area contributed by atoms with Crippen molar-refractivity contribution < 1.29 is 111 Å². The molecule has 0 bridgehead atoms. The van der Waals surface area contributed by atoms with Crippen molar-refractivity contribution in [2.45, 2.75) is 130 Å². The molecule has 0 radical (unpaired) electrons. The summed E-state index contributed by atoms with van der Waals surface area (Å²) in [4.78, 5) is 10.5. The second-order valence-corrected chi connectivity index (χ2v) is 11.5. The van der Waals surface area contributed by atoms with Crippen LogP contribution in [0.15, 0.2) is 56.2 Å². The molecule has 3 heterocycles. The molecule has 3 aromatic rings. The number of nitrogens with zero attached hydrogens (tertiary/aromatic N) is 6. The van der Waals surface area contributed by atoms with E-state index in [0.29, 0.717) is 24.5 Å². The van der Waals surface area contributed by atoms with Crippen LogP contribution in [0.5, 0.6) is 0 Å². The van der Waals surface area contributed by atoms with Gasteiger partial charge in [0.05, 0.1) is 26.2 Å². The average molecular weight is 1040 g/mol. The van der Waals surface area contributed by atoms with Crippen LogP contribution in [0, 0.1) is 5.92 Å². The fourth-order valence-electron chi connectivity index (χ4n) is 5.76. The van der Waals surface area contributed by atoms with Gasteiger partial charge in [0.2, 0.25) is 25.4 Å². The molecule has 0 aliphatic rings. The van der Waals surface area contributed by atoms with Crippen LogP contribution in [-0.2, 0) is 51.4 Å². The van der Waals surface area contributed by atoms with Crippen LogP contribution in [-0.4, -0.2) is 26.7 Å². The number of unbranched alkanes of at least 4 members (excludes halogenated alkanes) is 2. The predicted octanol–water partition coefficient (Wildman–Crippen LogP) is -4.21. The van der Waals surface area contributed by atoms with Crippen molar-refractivity contribution in [1.29, 1.82) is 0 Å². The number of imidazole rings is 3. The third-order valence-electron chi connectivity index (χ3n) is 8.30. The summed E-state index contributed by atoms with van der Waals surface area (Å²) in [5.74, 6) is 0.589. The number of halogens is 3. The zero-order valence-corrected chi connectivity index (χ0v) is 35.2. The molecular weight excluding hydrogens is 986 g/mol. The van der Waals surface area contributed by atoms with Crippen molar-refractivity contribution in [3.63, 3.8) is 0 Å². The van der Waals surface area contributed by atoms with E-state index in [4.69, 9.17) is 0 Å². The Hall–Kier alpha value is -0.0477. The normalized spacial score (nSPS) is 12.5. The van der Waals surface area contributed by atoms with Crippen molar-refractivity contribution in [2.24, 2.45) is 5.92 Å². The van der Waals surface area contributed by atoms with Gasteiger partial charge in [-0.1, -0.05) is 40.5 Å². The zero-order valence-electron chi connectivity index (χ0n) is 27.2. The molecule has 8 nitrogen and oxygen atoms in total. The summed E-state index contributed by atoms with van der Waals surface area (Å²) >= 11 is 0. The van der Waals surface area contributed by atoms with E-state index in [1.54, 1.807) is 0 Å². The summed E-state index contributed by atoms with van der Waals surface area (Å²) in [5, 5.41) is 2.76. The van der Waals surface area contributed by atoms with Crippen LogP contribution < -0.4 is 90.9 Å². The Bertz CT molecular complexity index is 1110. The molecule has 256 valence electrons. The zero-order chi connectivity index (χ0) is 28.6. The van der Waals surface area contributed by atoms with E-state index in [9.17, 15) is 4.79 Å². The maximum atomic E-state index is 10.5. The van der Waals surface area contributed by atoms with E-state index >= 15 is 0 Å². The molecule has 3 aromatic heterocycles. The minimum Gasteiger partial charge on any atom is -1.00 e. The van der Waals surface area contributed by atoms with Crippen molar-refractivity contribution in [1.82, 2.24) is 19.0 Å². The van der Waals surface area contributed by atoms with Crippen molar-refractivity contribution >= 4 is 6.41 Å². The van der Waals surface area contributed by atoms with Crippen molar-refractivity contribution in [2.75, 3.05) is 6.54 Å². The van der Waals surface area contributed by atoms with E-state index in [-0.39, 0.29) is 92.4 Å². The van der Waals surface area contributed by atoms with Crippen LogP contribution >= 0.6 is 0 Å². The fourth-order valence-corrected chi connectivity index (χ4v) is 5.76. The monoisotopic (exact) mass is 1040 g/mol. The summed E-state index contributed by atoms with van der Waals surface area (Å²) in [7, 11) is 0. The molecule has 0 saturated carbocycles. The smallest absolute Gasteiger partial charge is 0.243 e. The largest absolute Gasteiger partial charge is 1.00 e. The Morgan fingerprint density at radius 2 is 1.30 bits per heavy atom. The van der Waals surface area contributed by atoms with Crippen molar-refractivity contribution in [3.05, 3.63) is 56.2 Å². The summed E-state index contributed by atoms with van der Waals surface area (Å²) in [6.07, 6.45) is 32.8. The molecular formula is C32H56I3N7OPd. The molecule has 3 unspecified atom stereocenters. The van der Waals surface area contributed by atoms with Gasteiger partial charge in [-0.05, 0) is 44.9 Å². The van der Waals surface area contributed by atoms with E-state index in [2.05, 4.69) is 117 Å². The molecule has 3 atom stereocenters. The van der Waals surface area contributed by atoms with Gasteiger partial charge in [-0.3, -0.25) is 4.79 Å². The Labute approximate surface area is 331 Å². The first kappa shape index (κ1) is 46.1. The van der Waals surface area contributed by atoms with Crippen LogP contribution in [0.1, 0.15) is 104 Å². The maximum absolute atomic E-state index is 10.5. The van der Waals surface area contributed by atoms with E-state index < -0.39 is 0 Å². The Kier molecular flexibility index (Phi) is 28.2. The molecule has 12 heteroatoms. The van der Waals surface area contributed by atoms with Crippen LogP contribution in [0.25, 0.3) is 0 Å². The van der Waals surface area contributed by atoms with Gasteiger partial charge in [0, 0.05) is 39.3 Å². The topological polar surface area (TPSA) is 55.5 Å². The number of carbonyl (C=O) groups is 1. The average Bonchev–Trinajstić information content (AvgIpc) is 3.74. The van der Waals surface area contributed by atoms with Gasteiger partial charge in [-0.15, -0.1) is 0 Å². The fraction of sp³-hybridized carbons (Fsp3) is 0.688. The van der Waals surface area contributed by atoms with E-state index in [0.717, 1.165) is 51.9 Å². The SMILES string of the molecule is CCCC[n+]1ccn(C(CC)CCC(CC(CC)n2cc[n+](CCCC)c2)C[n+]2ccn(CCCNC=O)c2)c1.[I-].[I-].[I-].[Pd]. The molecule has 1 amide bonds. The van der Waals surface area contributed by atoms with Gasteiger partial charge in [0.25, 0.3) is 0 Å². The molecule has 0 spiro atoms. The second-order valence-electron chi connectivity index (χ2n) is 11.5. The third-order valence-corrected chi connectivity index (χ3v) is 8.30. The Morgan fingerprint density at radius 3 is 1.84 bits per heavy atom. The molecule has 1 N–H and O–H groups in total. The van der Waals surface area contributed by atoms with Gasteiger partial charge < -0.3 is 77.2 Å². The number of aromatic nitrogens is 6. The van der Waals surface area contributed by atoms with Crippen molar-refractivity contribution in [3.8, 4) is 0 Å². The summed E-state index contributed by atoms with van der Waals surface area (Å²) < 4.78 is 14.2. The van der Waals surface area contributed by atoms with E-state index in [1.807, 2.05) is 0 Å². The predicted molar refractivity (Wildman–Crippen MR) is 158 cm³/mol. The molecule has 0 fully saturated rings. The third kappa shape index (κ3) is 16.2. The summed E-state index contributed by atoms with van der Waals surface area (Å²) in [5.41, 5.74) is 0. The molecule has 0 saturated heterocycles. The van der Waals surface area contributed by atoms with Crippen LogP contribution in [0.3, 0.4) is 0 Å². The number of hydrogen-bond acceptors (Lipinski definition) is 1. The first-order valence-electron chi connectivity index (χ1n) is 15.9. The first-order valence-corrected chi connectivity index (χ1v) is 15.9. The molecule has 44 heavy (non-hydrogen) atoms. The number of rotatable bonds is 22. The maximum Gasteiger partial charge on any atom is 0.243 e. The molecule has 0 aliphatic heterocycles. The number of nitrogens with one attached hydrogen (secondary N) is 1. The Balaban J connectivity index is 0. The standard InChI is InChI=1S/C32H55N7O.3HI.Pd/c1-5-9-15-35-20-22-38(28-35)31(7-3)13-12-30(25-37-19-18-34(27-37)17-11-14-33-26-40)24-32(8-4)39-23-21-36(29-39)16-10-6-2;;;;/h18-23,26-32H,5-17,24-25H2,1-4H3;3*1H;/q+2;;;;/p-2. The molecule has 0 aromatic carbocycles. The second kappa shape index (κ2) is 27.0. The van der Waals surface area contributed by atoms with Gasteiger partial charge in [0.1, 0.15) is 49.3 Å². The van der Waals surface area contributed by atoms with Gasteiger partial charge >= 0.3 is 0 Å².